The van der Waals surface area contributed by atoms with Gasteiger partial charge >= 0.3 is 12.0 Å². The van der Waals surface area contributed by atoms with Crippen molar-refractivity contribution in [2.75, 3.05) is 12.4 Å². The van der Waals surface area contributed by atoms with E-state index in [1.807, 2.05) is 0 Å². The van der Waals surface area contributed by atoms with Crippen LogP contribution in [0.4, 0.5) is 16.2 Å². The molecule has 1 saturated heterocycles. The summed E-state index contributed by atoms with van der Waals surface area (Å²) in [5.74, 6) is -3.17. The number of carboxylic acid groups (broad SMARTS) is 1. The summed E-state index contributed by atoms with van der Waals surface area (Å²) in [6.45, 7) is 1.46. The fourth-order valence-electron chi connectivity index (χ4n) is 5.72. The molecule has 11 heteroatoms. The number of hydrogen-bond donors (Lipinski definition) is 2. The summed E-state index contributed by atoms with van der Waals surface area (Å²) in [7, 11) is 1.51. The molecule has 0 aliphatic carbocycles. The SMILES string of the molecule is COc1ccc(C2C(C(=O)c3ccc([N+](=O)[O-])cc3)C(c3cccs3)C(C)(C(=O)O)N2C(=O)Nc2ccccc2)cc1. The first-order valence-electron chi connectivity index (χ1n) is 13.0. The van der Waals surface area contributed by atoms with Crippen LogP contribution in [0.15, 0.2) is 96.4 Å². The van der Waals surface area contributed by atoms with Gasteiger partial charge in [0.2, 0.25) is 0 Å². The van der Waals surface area contributed by atoms with Crippen molar-refractivity contribution in [2.24, 2.45) is 5.92 Å². The highest BCUT2D eigenvalue weighted by molar-refractivity contribution is 7.10. The van der Waals surface area contributed by atoms with E-state index < -0.39 is 46.1 Å². The molecule has 1 aromatic heterocycles. The number of nitro groups is 1. The summed E-state index contributed by atoms with van der Waals surface area (Å²) in [6, 6.07) is 22.5. The van der Waals surface area contributed by atoms with Gasteiger partial charge in [-0.1, -0.05) is 36.4 Å². The van der Waals surface area contributed by atoms with E-state index in [0.29, 0.717) is 21.9 Å². The number of aliphatic carboxylic acids is 1. The van der Waals surface area contributed by atoms with Crippen molar-refractivity contribution in [3.8, 4) is 5.75 Å². The number of nitrogens with one attached hydrogen (secondary N) is 1. The minimum absolute atomic E-state index is 0.170. The van der Waals surface area contributed by atoms with E-state index in [0.717, 1.165) is 0 Å². The molecular weight excluding hydrogens is 558 g/mol. The van der Waals surface area contributed by atoms with Crippen LogP contribution in [-0.4, -0.2) is 45.4 Å². The van der Waals surface area contributed by atoms with Crippen LogP contribution in [0.3, 0.4) is 0 Å². The monoisotopic (exact) mass is 585 g/mol. The van der Waals surface area contributed by atoms with Gasteiger partial charge in [0.15, 0.2) is 5.78 Å². The van der Waals surface area contributed by atoms with Crippen LogP contribution < -0.4 is 10.1 Å². The Morgan fingerprint density at radius 1 is 0.976 bits per heavy atom. The summed E-state index contributed by atoms with van der Waals surface area (Å²) in [6.07, 6.45) is 0. The number of carbonyl (C=O) groups excluding carboxylic acids is 2. The Morgan fingerprint density at radius 3 is 2.19 bits per heavy atom. The summed E-state index contributed by atoms with van der Waals surface area (Å²) in [5, 5.41) is 26.7. The van der Waals surface area contributed by atoms with Crippen LogP contribution in [0.2, 0.25) is 0 Å². The zero-order valence-corrected chi connectivity index (χ0v) is 23.5. The topological polar surface area (TPSA) is 139 Å². The molecular formula is C31H27N3O7S. The number of anilines is 1. The van der Waals surface area contributed by atoms with Crippen LogP contribution in [0.5, 0.6) is 5.75 Å². The number of amides is 2. The van der Waals surface area contributed by atoms with Gasteiger partial charge in [0.05, 0.1) is 24.0 Å². The first-order valence-corrected chi connectivity index (χ1v) is 13.9. The predicted octanol–water partition coefficient (Wildman–Crippen LogP) is 6.38. The third-order valence-electron chi connectivity index (χ3n) is 7.73. The molecule has 4 unspecified atom stereocenters. The number of hydrogen-bond acceptors (Lipinski definition) is 7. The molecule has 42 heavy (non-hydrogen) atoms. The second-order valence-corrected chi connectivity index (χ2v) is 11.0. The Balaban J connectivity index is 1.73. The first-order chi connectivity index (χ1) is 20.2. The zero-order valence-electron chi connectivity index (χ0n) is 22.7. The molecule has 2 heterocycles. The molecule has 4 aromatic rings. The Morgan fingerprint density at radius 2 is 1.64 bits per heavy atom. The zero-order chi connectivity index (χ0) is 30.0. The van der Waals surface area contributed by atoms with E-state index in [1.54, 1.807) is 72.1 Å². The molecule has 0 saturated carbocycles. The van der Waals surface area contributed by atoms with Crippen molar-refractivity contribution in [3.05, 3.63) is 122 Å². The normalized spacial score (nSPS) is 21.5. The lowest BCUT2D eigenvalue weighted by atomic mass is 9.74. The second kappa shape index (κ2) is 11.5. The number of carboxylic acids is 1. The maximum Gasteiger partial charge on any atom is 0.330 e. The van der Waals surface area contributed by atoms with Gasteiger partial charge in [-0.05, 0) is 60.3 Å². The average Bonchev–Trinajstić information content (AvgIpc) is 3.62. The van der Waals surface area contributed by atoms with Gasteiger partial charge in [0.25, 0.3) is 5.69 Å². The Labute approximate surface area is 245 Å². The predicted molar refractivity (Wildman–Crippen MR) is 157 cm³/mol. The summed E-state index contributed by atoms with van der Waals surface area (Å²) in [5.41, 5.74) is -0.884. The highest BCUT2D eigenvalue weighted by Gasteiger charge is 2.65. The number of ether oxygens (including phenoxy) is 1. The number of thiophene rings is 1. The molecule has 0 radical (unpaired) electrons. The number of carbonyl (C=O) groups is 3. The molecule has 1 aliphatic heterocycles. The number of non-ortho nitro benzene ring substituents is 1. The number of likely N-dealkylation sites (tertiary alicyclic amines) is 1. The average molecular weight is 586 g/mol. The first kappa shape index (κ1) is 28.5. The number of benzene rings is 3. The smallest absolute Gasteiger partial charge is 0.330 e. The van der Waals surface area contributed by atoms with Gasteiger partial charge in [0, 0.05) is 34.2 Å². The lowest BCUT2D eigenvalue weighted by Crippen LogP contribution is -2.55. The van der Waals surface area contributed by atoms with E-state index >= 15 is 0 Å². The maximum absolute atomic E-state index is 14.4. The van der Waals surface area contributed by atoms with Crippen LogP contribution >= 0.6 is 11.3 Å². The molecule has 1 aliphatic rings. The number of ketones is 1. The lowest BCUT2D eigenvalue weighted by molar-refractivity contribution is -0.384. The molecule has 4 atom stereocenters. The minimum Gasteiger partial charge on any atom is -0.497 e. The Kier molecular flexibility index (Phi) is 7.77. The van der Waals surface area contributed by atoms with Gasteiger partial charge in [-0.2, -0.15) is 0 Å². The van der Waals surface area contributed by atoms with Gasteiger partial charge < -0.3 is 15.2 Å². The number of nitrogens with zero attached hydrogens (tertiary/aromatic N) is 2. The van der Waals surface area contributed by atoms with Gasteiger partial charge in [0.1, 0.15) is 11.3 Å². The van der Waals surface area contributed by atoms with E-state index in [4.69, 9.17) is 4.74 Å². The van der Waals surface area contributed by atoms with Crippen molar-refractivity contribution in [1.29, 1.82) is 0 Å². The molecule has 0 spiro atoms. The van der Waals surface area contributed by atoms with Crippen molar-refractivity contribution >= 4 is 40.5 Å². The van der Waals surface area contributed by atoms with E-state index in [1.165, 1.54) is 54.5 Å². The minimum atomic E-state index is -1.87. The van der Waals surface area contributed by atoms with Gasteiger partial charge in [-0.15, -0.1) is 11.3 Å². The molecule has 2 amide bonds. The largest absolute Gasteiger partial charge is 0.497 e. The van der Waals surface area contributed by atoms with Crippen molar-refractivity contribution < 1.29 is 29.2 Å². The number of urea groups is 1. The van der Waals surface area contributed by atoms with Crippen LogP contribution in [0.1, 0.15) is 39.7 Å². The van der Waals surface area contributed by atoms with E-state index in [2.05, 4.69) is 5.32 Å². The van der Waals surface area contributed by atoms with E-state index in [9.17, 15) is 29.6 Å². The molecule has 3 aromatic carbocycles. The second-order valence-electron chi connectivity index (χ2n) is 10.0. The van der Waals surface area contributed by atoms with Crippen molar-refractivity contribution in [2.45, 2.75) is 24.4 Å². The third kappa shape index (κ3) is 4.99. The highest BCUT2D eigenvalue weighted by atomic mass is 32.1. The molecule has 5 rings (SSSR count). The summed E-state index contributed by atoms with van der Waals surface area (Å²) >= 11 is 1.30. The standard InChI is InChI=1S/C31H27N3O7S/c1-31(29(36)37)26(24-9-6-18-42-24)25(28(35)20-10-14-22(15-11-20)34(39)40)27(19-12-16-23(41-2)17-13-19)33(31)30(38)32-21-7-4-3-5-8-21/h3-18,25-27H,1-2H3,(H,32,38)(H,36,37). The highest BCUT2D eigenvalue weighted by Crippen LogP contribution is 2.57. The Hall–Kier alpha value is -5.03. The van der Waals surface area contributed by atoms with Crippen LogP contribution in [0, 0.1) is 16.0 Å². The molecule has 2 N–H and O–H groups in total. The number of nitro benzene ring substituents is 1. The van der Waals surface area contributed by atoms with Gasteiger partial charge in [-0.25, -0.2) is 9.59 Å². The lowest BCUT2D eigenvalue weighted by Gasteiger charge is -2.37. The Bertz CT molecular complexity index is 1610. The molecule has 10 nitrogen and oxygen atoms in total. The number of para-hydroxylation sites is 1. The van der Waals surface area contributed by atoms with Crippen molar-refractivity contribution in [3.63, 3.8) is 0 Å². The van der Waals surface area contributed by atoms with Crippen LogP contribution in [-0.2, 0) is 4.79 Å². The summed E-state index contributed by atoms with van der Waals surface area (Å²) < 4.78 is 5.31. The fraction of sp³-hybridized carbons (Fsp3) is 0.194. The van der Waals surface area contributed by atoms with Gasteiger partial charge in [-0.3, -0.25) is 19.8 Å². The fourth-order valence-corrected chi connectivity index (χ4v) is 6.72. The third-order valence-corrected chi connectivity index (χ3v) is 8.69. The maximum atomic E-state index is 14.4. The number of rotatable bonds is 8. The number of methoxy groups -OCH3 is 1. The quantitative estimate of drug-likeness (QED) is 0.139. The molecule has 214 valence electrons. The van der Waals surface area contributed by atoms with Crippen molar-refractivity contribution in [1.82, 2.24) is 4.90 Å². The van der Waals surface area contributed by atoms with Crippen LogP contribution in [0.25, 0.3) is 0 Å². The number of Topliss-reactive ketones (excluding diaryl/α,β-unsaturated/α-hetero) is 1. The molecule has 0 bridgehead atoms. The summed E-state index contributed by atoms with van der Waals surface area (Å²) in [4.78, 5) is 54.4. The molecule has 1 fully saturated rings. The van der Waals surface area contributed by atoms with E-state index in [-0.39, 0.29) is 11.3 Å².